The summed E-state index contributed by atoms with van der Waals surface area (Å²) in [6.45, 7) is 1.71. The van der Waals surface area contributed by atoms with Gasteiger partial charge in [0.15, 0.2) is 6.10 Å². The van der Waals surface area contributed by atoms with Crippen LogP contribution < -0.4 is 0 Å². The molecule has 1 unspecified atom stereocenters. The minimum atomic E-state index is -4.02. The fourth-order valence-electron chi connectivity index (χ4n) is 3.06. The lowest BCUT2D eigenvalue weighted by Gasteiger charge is -2.25. The van der Waals surface area contributed by atoms with Gasteiger partial charge in [0, 0.05) is 14.2 Å². The lowest BCUT2D eigenvalue weighted by molar-refractivity contribution is -0.147. The maximum atomic E-state index is 13.2. The van der Waals surface area contributed by atoms with Crippen molar-refractivity contribution in [2.75, 3.05) is 21.0 Å². The third-order valence-electron chi connectivity index (χ3n) is 4.67. The van der Waals surface area contributed by atoms with Gasteiger partial charge in [-0.3, -0.25) is 4.79 Å². The molecule has 0 heterocycles. The van der Waals surface area contributed by atoms with E-state index in [1.165, 1.54) is 26.3 Å². The predicted octanol–water partition coefficient (Wildman–Crippen LogP) is 3.66. The van der Waals surface area contributed by atoms with Gasteiger partial charge < -0.3 is 9.47 Å². The lowest BCUT2D eigenvalue weighted by Crippen LogP contribution is -2.38. The van der Waals surface area contributed by atoms with Crippen LogP contribution in [0.1, 0.15) is 17.2 Å². The molecule has 0 radical (unpaired) electrons. The Kier molecular flexibility index (Phi) is 6.32. The minimum Gasteiger partial charge on any atom is -0.359 e. The first-order chi connectivity index (χ1) is 13.9. The summed E-state index contributed by atoms with van der Waals surface area (Å²) in [5, 5.41) is 1.73. The average molecular weight is 413 g/mol. The Balaban J connectivity index is 2.02. The topological polar surface area (TPSA) is 72.9 Å². The maximum absolute atomic E-state index is 13.2. The molecule has 0 saturated heterocycles. The Bertz CT molecular complexity index is 1100. The number of fused-ring (bicyclic) bond motifs is 1. The molecule has 3 aromatic carbocycles. The van der Waals surface area contributed by atoms with Crippen molar-refractivity contribution in [3.63, 3.8) is 0 Å². The Morgan fingerprint density at radius 3 is 2.34 bits per heavy atom. The molecule has 29 heavy (non-hydrogen) atoms. The van der Waals surface area contributed by atoms with Crippen LogP contribution in [0.3, 0.4) is 0 Å². The molecule has 7 heteroatoms. The minimum absolute atomic E-state index is 0.0439. The molecule has 1 amide bonds. The molecule has 0 spiro atoms. The van der Waals surface area contributed by atoms with Gasteiger partial charge in [0.2, 0.25) is 0 Å². The summed E-state index contributed by atoms with van der Waals surface area (Å²) < 4.78 is 37.3. The summed E-state index contributed by atoms with van der Waals surface area (Å²) in [6, 6.07) is 19.4. The molecule has 0 aliphatic rings. The van der Waals surface area contributed by atoms with Gasteiger partial charge in [-0.1, -0.05) is 60.2 Å². The van der Waals surface area contributed by atoms with Gasteiger partial charge in [-0.05, 0) is 35.4 Å². The molecule has 0 aliphatic heterocycles. The standard InChI is InChI=1S/C22H23NO5S/c1-16-11-13-18(14-12-16)29(25,26)23(2)22(24)21(28-15-27-3)20-10-6-8-17-7-4-5-9-19(17)20/h4-14,21H,15H2,1-3H3. The number of sulfonamides is 1. The van der Waals surface area contributed by atoms with Gasteiger partial charge in [0.1, 0.15) is 6.79 Å². The summed E-state index contributed by atoms with van der Waals surface area (Å²) >= 11 is 0. The van der Waals surface area contributed by atoms with Crippen LogP contribution in [-0.4, -0.2) is 39.6 Å². The van der Waals surface area contributed by atoms with Gasteiger partial charge in [0.05, 0.1) is 4.90 Å². The van der Waals surface area contributed by atoms with Crippen LogP contribution in [-0.2, 0) is 24.3 Å². The third-order valence-corrected chi connectivity index (χ3v) is 6.44. The van der Waals surface area contributed by atoms with E-state index in [2.05, 4.69) is 0 Å². The van der Waals surface area contributed by atoms with Crippen molar-refractivity contribution >= 4 is 26.7 Å². The van der Waals surface area contributed by atoms with Crippen molar-refractivity contribution in [1.29, 1.82) is 0 Å². The molecule has 0 aliphatic carbocycles. The summed E-state index contributed by atoms with van der Waals surface area (Å²) in [6.07, 6.45) is -1.13. The number of benzene rings is 3. The van der Waals surface area contributed by atoms with Gasteiger partial charge in [0.25, 0.3) is 15.9 Å². The highest BCUT2D eigenvalue weighted by molar-refractivity contribution is 7.89. The Morgan fingerprint density at radius 2 is 1.66 bits per heavy atom. The summed E-state index contributed by atoms with van der Waals surface area (Å²) in [5.41, 5.74) is 1.51. The second kappa shape index (κ2) is 8.73. The lowest BCUT2D eigenvalue weighted by atomic mass is 10.00. The highest BCUT2D eigenvalue weighted by atomic mass is 32.2. The number of methoxy groups -OCH3 is 1. The molecule has 6 nitrogen and oxygen atoms in total. The first kappa shape index (κ1) is 21.0. The van der Waals surface area contributed by atoms with Crippen molar-refractivity contribution < 1.29 is 22.7 Å². The van der Waals surface area contributed by atoms with Crippen molar-refractivity contribution in [3.05, 3.63) is 77.9 Å². The normalized spacial score (nSPS) is 12.7. The number of amides is 1. The van der Waals surface area contributed by atoms with Gasteiger partial charge in [-0.15, -0.1) is 0 Å². The number of aryl methyl sites for hydroxylation is 1. The van der Waals surface area contributed by atoms with Gasteiger partial charge >= 0.3 is 0 Å². The monoisotopic (exact) mass is 413 g/mol. The highest BCUT2D eigenvalue weighted by Gasteiger charge is 2.33. The Morgan fingerprint density at radius 1 is 1.00 bits per heavy atom. The number of carbonyl (C=O) groups is 1. The molecule has 3 rings (SSSR count). The molecular formula is C22H23NO5S. The second-order valence-electron chi connectivity index (χ2n) is 6.65. The van der Waals surface area contributed by atoms with Gasteiger partial charge in [-0.2, -0.15) is 0 Å². The number of nitrogens with zero attached hydrogens (tertiary/aromatic N) is 1. The van der Waals surface area contributed by atoms with Crippen LogP contribution in [0.15, 0.2) is 71.6 Å². The SMILES string of the molecule is COCOC(C(=O)N(C)S(=O)(=O)c1ccc(C)cc1)c1cccc2ccccc12. The molecule has 0 saturated carbocycles. The van der Waals surface area contributed by atoms with E-state index in [0.29, 0.717) is 5.56 Å². The summed E-state index contributed by atoms with van der Waals surface area (Å²) in [5.74, 6) is -0.695. The third kappa shape index (κ3) is 4.32. The zero-order chi connectivity index (χ0) is 21.0. The van der Waals surface area contributed by atoms with E-state index in [1.54, 1.807) is 18.2 Å². The number of likely N-dealkylation sites (N-methyl/N-ethyl adjacent to an activating group) is 1. The van der Waals surface area contributed by atoms with Gasteiger partial charge in [-0.25, -0.2) is 12.7 Å². The van der Waals surface area contributed by atoms with Crippen LogP contribution >= 0.6 is 0 Å². The molecule has 0 bridgehead atoms. The Labute approximate surface area is 170 Å². The molecule has 0 aromatic heterocycles. The van der Waals surface area contributed by atoms with E-state index in [1.807, 2.05) is 43.3 Å². The number of hydrogen-bond acceptors (Lipinski definition) is 5. The predicted molar refractivity (Wildman–Crippen MR) is 111 cm³/mol. The molecule has 0 fully saturated rings. The van der Waals surface area contributed by atoms with Crippen molar-refractivity contribution in [2.45, 2.75) is 17.9 Å². The summed E-state index contributed by atoms with van der Waals surface area (Å²) in [7, 11) is -1.34. The first-order valence-corrected chi connectivity index (χ1v) is 10.5. The van der Waals surface area contributed by atoms with E-state index in [9.17, 15) is 13.2 Å². The van der Waals surface area contributed by atoms with Crippen molar-refractivity contribution in [2.24, 2.45) is 0 Å². The highest BCUT2D eigenvalue weighted by Crippen LogP contribution is 2.29. The molecular weight excluding hydrogens is 390 g/mol. The number of carbonyl (C=O) groups excluding carboxylic acids is 1. The van der Waals surface area contributed by atoms with Crippen molar-refractivity contribution in [1.82, 2.24) is 4.31 Å². The zero-order valence-electron chi connectivity index (χ0n) is 16.5. The zero-order valence-corrected chi connectivity index (χ0v) is 17.3. The van der Waals surface area contributed by atoms with Crippen LogP contribution in [0, 0.1) is 6.92 Å². The molecule has 152 valence electrons. The quantitative estimate of drug-likeness (QED) is 0.553. The second-order valence-corrected chi connectivity index (χ2v) is 8.61. The smallest absolute Gasteiger partial charge is 0.269 e. The van der Waals surface area contributed by atoms with E-state index in [0.717, 1.165) is 20.6 Å². The molecule has 0 N–H and O–H groups in total. The van der Waals surface area contributed by atoms with E-state index in [4.69, 9.17) is 9.47 Å². The van der Waals surface area contributed by atoms with Crippen LogP contribution in [0.5, 0.6) is 0 Å². The summed E-state index contributed by atoms with van der Waals surface area (Å²) in [4.78, 5) is 13.3. The van der Waals surface area contributed by atoms with Crippen LogP contribution in [0.4, 0.5) is 0 Å². The largest absolute Gasteiger partial charge is 0.359 e. The van der Waals surface area contributed by atoms with Crippen LogP contribution in [0.2, 0.25) is 0 Å². The van der Waals surface area contributed by atoms with Crippen molar-refractivity contribution in [3.8, 4) is 0 Å². The number of ether oxygens (including phenoxy) is 2. The fourth-order valence-corrected chi connectivity index (χ4v) is 4.19. The number of hydrogen-bond donors (Lipinski definition) is 0. The van der Waals surface area contributed by atoms with Crippen LogP contribution in [0.25, 0.3) is 10.8 Å². The number of rotatable bonds is 7. The molecule has 3 aromatic rings. The van der Waals surface area contributed by atoms with E-state index < -0.39 is 22.0 Å². The van der Waals surface area contributed by atoms with E-state index in [-0.39, 0.29) is 11.7 Å². The average Bonchev–Trinajstić information content (AvgIpc) is 2.73. The maximum Gasteiger partial charge on any atom is 0.269 e. The first-order valence-electron chi connectivity index (χ1n) is 9.04. The molecule has 1 atom stereocenters. The Hall–Kier alpha value is -2.74. The van der Waals surface area contributed by atoms with E-state index >= 15 is 0 Å². The fraction of sp³-hybridized carbons (Fsp3) is 0.227.